The van der Waals surface area contributed by atoms with Crippen molar-refractivity contribution in [1.29, 1.82) is 0 Å². The van der Waals surface area contributed by atoms with E-state index >= 15 is 0 Å². The Labute approximate surface area is 182 Å². The second kappa shape index (κ2) is 10.1. The average Bonchev–Trinajstić information content (AvgIpc) is 3.35. The number of alkyl halides is 2. The summed E-state index contributed by atoms with van der Waals surface area (Å²) in [6, 6.07) is 7.10. The Kier molecular flexibility index (Phi) is 7.23. The third-order valence-electron chi connectivity index (χ3n) is 4.67. The zero-order valence-electron chi connectivity index (χ0n) is 18.2. The van der Waals surface area contributed by atoms with Crippen LogP contribution in [0.1, 0.15) is 37.1 Å². The number of hydrogen-bond donors (Lipinski definition) is 0. The molecule has 0 fully saturated rings. The molecule has 0 saturated heterocycles. The number of nitrogens with zero attached hydrogens (tertiary/aromatic N) is 8. The van der Waals surface area contributed by atoms with Gasteiger partial charge in [0.25, 0.3) is 6.43 Å². The van der Waals surface area contributed by atoms with Crippen LogP contribution < -0.4 is 5.69 Å². The summed E-state index contributed by atoms with van der Waals surface area (Å²) in [6.07, 6.45) is -0.541. The topological polar surface area (TPSA) is 104 Å². The maximum absolute atomic E-state index is 12.5. The first-order chi connectivity index (χ1) is 15.3. The van der Waals surface area contributed by atoms with Crippen molar-refractivity contribution in [2.75, 3.05) is 0 Å². The first-order valence-corrected chi connectivity index (χ1v) is 9.94. The standard InChI is InChI=1S/C20H24F2N8O2/c1-5-19(24-23-14(3)16-9-10-29(25-16)11-18(21)22)32-12-15-13(2)7-6-8-17(15)30-20(31)28(4)26-27-30/h6-10,18H,5,11-12H2,1-4H3/b23-14-,24-19-. The van der Waals surface area contributed by atoms with Gasteiger partial charge in [0.05, 0.1) is 11.4 Å². The van der Waals surface area contributed by atoms with Crippen molar-refractivity contribution in [3.05, 3.63) is 57.8 Å². The summed E-state index contributed by atoms with van der Waals surface area (Å²) < 4.78 is 34.4. The van der Waals surface area contributed by atoms with Crippen molar-refractivity contribution < 1.29 is 13.5 Å². The lowest BCUT2D eigenvalue weighted by atomic mass is 10.1. The van der Waals surface area contributed by atoms with Gasteiger partial charge >= 0.3 is 5.69 Å². The molecule has 32 heavy (non-hydrogen) atoms. The minimum Gasteiger partial charge on any atom is -0.475 e. The molecule has 0 atom stereocenters. The van der Waals surface area contributed by atoms with Crippen LogP contribution in [0, 0.1) is 6.92 Å². The van der Waals surface area contributed by atoms with Gasteiger partial charge in [-0.15, -0.1) is 5.10 Å². The molecule has 3 rings (SSSR count). The minimum atomic E-state index is -2.48. The second-order valence-corrected chi connectivity index (χ2v) is 7.00. The molecule has 0 spiro atoms. The Morgan fingerprint density at radius 1 is 1.22 bits per heavy atom. The van der Waals surface area contributed by atoms with Gasteiger partial charge in [-0.1, -0.05) is 19.1 Å². The van der Waals surface area contributed by atoms with Crippen LogP contribution in [0.4, 0.5) is 8.78 Å². The van der Waals surface area contributed by atoms with Crippen LogP contribution in [-0.2, 0) is 24.9 Å². The van der Waals surface area contributed by atoms with Gasteiger partial charge in [-0.05, 0) is 42.0 Å². The fourth-order valence-corrected chi connectivity index (χ4v) is 2.87. The van der Waals surface area contributed by atoms with Gasteiger partial charge in [0.15, 0.2) is 0 Å². The number of tetrazole rings is 1. The average molecular weight is 446 g/mol. The molecule has 1 aromatic carbocycles. The lowest BCUT2D eigenvalue weighted by Crippen LogP contribution is -2.23. The van der Waals surface area contributed by atoms with E-state index in [4.69, 9.17) is 4.74 Å². The van der Waals surface area contributed by atoms with Crippen LogP contribution in [0.3, 0.4) is 0 Å². The lowest BCUT2D eigenvalue weighted by molar-refractivity contribution is 0.122. The van der Waals surface area contributed by atoms with Crippen molar-refractivity contribution in [2.24, 2.45) is 17.3 Å². The highest BCUT2D eigenvalue weighted by Gasteiger charge is 2.14. The van der Waals surface area contributed by atoms with Gasteiger partial charge in [0.1, 0.15) is 18.8 Å². The third-order valence-corrected chi connectivity index (χ3v) is 4.67. The Morgan fingerprint density at radius 2 is 2.00 bits per heavy atom. The van der Waals surface area contributed by atoms with E-state index in [2.05, 4.69) is 25.7 Å². The molecule has 0 aliphatic carbocycles. The van der Waals surface area contributed by atoms with Crippen LogP contribution in [0.2, 0.25) is 0 Å². The maximum Gasteiger partial charge on any atom is 0.368 e. The van der Waals surface area contributed by atoms with E-state index in [1.54, 1.807) is 19.1 Å². The number of benzene rings is 1. The molecular weight excluding hydrogens is 422 g/mol. The molecule has 2 aromatic heterocycles. The smallest absolute Gasteiger partial charge is 0.368 e. The number of aryl methyl sites for hydroxylation is 2. The molecule has 0 aliphatic heterocycles. The molecule has 0 aliphatic rings. The summed E-state index contributed by atoms with van der Waals surface area (Å²) >= 11 is 0. The molecule has 10 nitrogen and oxygen atoms in total. The molecule has 0 amide bonds. The van der Waals surface area contributed by atoms with E-state index in [1.165, 1.54) is 17.9 Å². The van der Waals surface area contributed by atoms with E-state index in [9.17, 15) is 13.6 Å². The van der Waals surface area contributed by atoms with E-state index in [1.807, 2.05) is 26.0 Å². The molecule has 0 N–H and O–H groups in total. The predicted octanol–water partition coefficient (Wildman–Crippen LogP) is 2.49. The molecule has 0 radical (unpaired) electrons. The largest absolute Gasteiger partial charge is 0.475 e. The number of rotatable bonds is 8. The van der Waals surface area contributed by atoms with Gasteiger partial charge in [-0.25, -0.2) is 13.6 Å². The molecule has 0 bridgehead atoms. The Bertz CT molecular complexity index is 1190. The zero-order valence-corrected chi connectivity index (χ0v) is 18.2. The summed E-state index contributed by atoms with van der Waals surface area (Å²) in [7, 11) is 1.52. The third kappa shape index (κ3) is 5.31. The number of hydrogen-bond acceptors (Lipinski definition) is 7. The first-order valence-electron chi connectivity index (χ1n) is 9.94. The first kappa shape index (κ1) is 23.0. The molecule has 2 heterocycles. The molecular formula is C20H24F2N8O2. The normalized spacial score (nSPS) is 12.6. The fourth-order valence-electron chi connectivity index (χ4n) is 2.87. The molecule has 170 valence electrons. The second-order valence-electron chi connectivity index (χ2n) is 7.00. The van der Waals surface area contributed by atoms with Crippen molar-refractivity contribution in [3.8, 4) is 5.69 Å². The fraction of sp³-hybridized carbons (Fsp3) is 0.400. The molecule has 0 saturated carbocycles. The van der Waals surface area contributed by atoms with Crippen molar-refractivity contribution >= 4 is 11.6 Å². The van der Waals surface area contributed by atoms with E-state index in [0.29, 0.717) is 29.4 Å². The van der Waals surface area contributed by atoms with Crippen molar-refractivity contribution in [1.82, 2.24) is 29.6 Å². The highest BCUT2D eigenvalue weighted by Crippen LogP contribution is 2.18. The van der Waals surface area contributed by atoms with Gasteiger partial charge < -0.3 is 4.74 Å². The van der Waals surface area contributed by atoms with Crippen LogP contribution in [0.25, 0.3) is 5.69 Å². The summed E-state index contributed by atoms with van der Waals surface area (Å²) in [5, 5.41) is 20.0. The molecule has 0 unspecified atom stereocenters. The molecule has 3 aromatic rings. The van der Waals surface area contributed by atoms with Crippen LogP contribution in [0.15, 0.2) is 45.5 Å². The highest BCUT2D eigenvalue weighted by molar-refractivity contribution is 5.97. The van der Waals surface area contributed by atoms with Gasteiger partial charge in [0, 0.05) is 25.2 Å². The van der Waals surface area contributed by atoms with Gasteiger partial charge in [-0.2, -0.15) is 19.6 Å². The number of halogens is 2. The zero-order chi connectivity index (χ0) is 23.3. The Hall–Kier alpha value is -3.70. The lowest BCUT2D eigenvalue weighted by Gasteiger charge is -2.13. The van der Waals surface area contributed by atoms with Crippen LogP contribution in [-0.4, -0.2) is 47.6 Å². The van der Waals surface area contributed by atoms with E-state index < -0.39 is 13.0 Å². The SMILES string of the molecule is CC/C(=N/N=C(/C)c1ccn(CC(F)F)n1)OCc1c(C)cccc1-n1nnn(C)c1=O. The predicted molar refractivity (Wildman–Crippen MR) is 114 cm³/mol. The summed E-state index contributed by atoms with van der Waals surface area (Å²) in [4.78, 5) is 12.3. The summed E-state index contributed by atoms with van der Waals surface area (Å²) in [5.74, 6) is 0.372. The highest BCUT2D eigenvalue weighted by atomic mass is 19.3. The quantitative estimate of drug-likeness (QED) is 0.300. The van der Waals surface area contributed by atoms with E-state index in [-0.39, 0.29) is 12.3 Å². The summed E-state index contributed by atoms with van der Waals surface area (Å²) in [6.45, 7) is 5.13. The van der Waals surface area contributed by atoms with Crippen LogP contribution >= 0.6 is 0 Å². The monoisotopic (exact) mass is 446 g/mol. The Morgan fingerprint density at radius 3 is 2.66 bits per heavy atom. The van der Waals surface area contributed by atoms with Crippen LogP contribution in [0.5, 0.6) is 0 Å². The molecule has 12 heteroatoms. The van der Waals surface area contributed by atoms with E-state index in [0.717, 1.165) is 20.5 Å². The van der Waals surface area contributed by atoms with Crippen molar-refractivity contribution in [3.63, 3.8) is 0 Å². The number of ether oxygens (including phenoxy) is 1. The Balaban J connectivity index is 1.78. The van der Waals surface area contributed by atoms with Gasteiger partial charge in [0.2, 0.25) is 5.90 Å². The van der Waals surface area contributed by atoms with Crippen molar-refractivity contribution in [2.45, 2.75) is 46.8 Å². The summed E-state index contributed by atoms with van der Waals surface area (Å²) in [5.41, 5.74) is 2.81. The van der Waals surface area contributed by atoms with Gasteiger partial charge in [-0.3, -0.25) is 4.68 Å². The maximum atomic E-state index is 12.5. The number of aromatic nitrogens is 6. The minimum absolute atomic E-state index is 0.148.